The molecule has 0 radical (unpaired) electrons. The minimum absolute atomic E-state index is 0.0833. The molecular weight excluding hydrogens is 451 g/mol. The number of carboxylic acids is 1. The molecule has 0 saturated heterocycles. The zero-order valence-electron chi connectivity index (χ0n) is 19.7. The molecule has 0 aliphatic heterocycles. The average Bonchev–Trinajstić information content (AvgIpc) is 2.87. The minimum Gasteiger partial charge on any atom is -0.478 e. The van der Waals surface area contributed by atoms with Gasteiger partial charge in [-0.15, -0.1) is 0 Å². The van der Waals surface area contributed by atoms with Crippen molar-refractivity contribution in [3.05, 3.63) is 96.6 Å². The molecule has 34 heavy (non-hydrogen) atoms. The molecule has 7 heteroatoms. The van der Waals surface area contributed by atoms with Gasteiger partial charge in [-0.3, -0.25) is 4.57 Å². The zero-order chi connectivity index (χ0) is 25.4. The molecule has 0 amide bonds. The van der Waals surface area contributed by atoms with Crippen LogP contribution < -0.4 is 10.6 Å². The maximum atomic E-state index is 12.2. The van der Waals surface area contributed by atoms with E-state index in [0.717, 1.165) is 19.3 Å². The highest BCUT2D eigenvalue weighted by Gasteiger charge is 2.22. The summed E-state index contributed by atoms with van der Waals surface area (Å²) in [6.07, 6.45) is 2.34. The van der Waals surface area contributed by atoms with Crippen LogP contribution in [0.2, 0.25) is 0 Å². The van der Waals surface area contributed by atoms with E-state index in [4.69, 9.17) is 10.2 Å². The molecule has 3 aromatic rings. The lowest BCUT2D eigenvalue weighted by molar-refractivity contribution is 0.0583. The molecule has 2 atom stereocenters. The topological polar surface area (TPSA) is 115 Å². The molecule has 0 bridgehead atoms. The predicted octanol–water partition coefficient (Wildman–Crippen LogP) is 4.46. The van der Waals surface area contributed by atoms with Gasteiger partial charge in [0.2, 0.25) is 0 Å². The van der Waals surface area contributed by atoms with E-state index in [0.29, 0.717) is 16.2 Å². The van der Waals surface area contributed by atoms with Crippen molar-refractivity contribution in [2.24, 2.45) is 5.92 Å². The number of aliphatic hydroxyl groups is 2. The van der Waals surface area contributed by atoms with Crippen molar-refractivity contribution in [2.45, 2.75) is 39.2 Å². The highest BCUT2D eigenvalue weighted by molar-refractivity contribution is 7.73. The van der Waals surface area contributed by atoms with Crippen molar-refractivity contribution in [3.8, 4) is 0 Å². The van der Waals surface area contributed by atoms with Crippen LogP contribution in [-0.4, -0.2) is 38.9 Å². The number of hydrogen-bond donors (Lipinski definition) is 4. The summed E-state index contributed by atoms with van der Waals surface area (Å²) in [7, 11) is -3.40. The highest BCUT2D eigenvalue weighted by atomic mass is 31.2. The Morgan fingerprint density at radius 3 is 1.53 bits per heavy atom. The van der Waals surface area contributed by atoms with E-state index >= 15 is 0 Å². The number of benzene rings is 3. The van der Waals surface area contributed by atoms with Crippen LogP contribution in [0, 0.1) is 5.92 Å². The molecule has 0 heterocycles. The Hall–Kier alpha value is -2.76. The fourth-order valence-electron chi connectivity index (χ4n) is 3.04. The van der Waals surface area contributed by atoms with Crippen molar-refractivity contribution in [2.75, 3.05) is 6.61 Å². The third-order valence-corrected chi connectivity index (χ3v) is 7.12. The molecule has 0 aliphatic rings. The summed E-state index contributed by atoms with van der Waals surface area (Å²) in [4.78, 5) is 20.2. The third-order valence-electron chi connectivity index (χ3n) is 5.12. The van der Waals surface area contributed by atoms with Crippen molar-refractivity contribution in [1.82, 2.24) is 0 Å². The van der Waals surface area contributed by atoms with Gasteiger partial charge in [-0.1, -0.05) is 74.9 Å². The first-order chi connectivity index (χ1) is 16.3. The van der Waals surface area contributed by atoms with Gasteiger partial charge in [-0.25, -0.2) is 4.79 Å². The largest absolute Gasteiger partial charge is 0.478 e. The molecule has 0 saturated carbocycles. The number of aliphatic hydroxyl groups excluding tert-OH is 2. The Labute approximate surface area is 202 Å². The van der Waals surface area contributed by atoms with Crippen LogP contribution in [0.5, 0.6) is 0 Å². The standard InChI is InChI=1S/C12H11O2P.C8H18O2.C7H6O2/c13-15(14,11-7-3-1-4-8-11)12-9-5-2-6-10-12;1-3-5-8(10)7(4-2)6-9;8-7(9)6-4-2-1-3-5-6/h1-10H,(H,13,14);7-10H,3-6H2,1-2H3;1-5H,(H,8,9). The van der Waals surface area contributed by atoms with Crippen molar-refractivity contribution >= 4 is 23.9 Å². The summed E-state index contributed by atoms with van der Waals surface area (Å²) >= 11 is 0. The van der Waals surface area contributed by atoms with Crippen molar-refractivity contribution in [1.29, 1.82) is 0 Å². The molecule has 0 aromatic heterocycles. The molecule has 2 unspecified atom stereocenters. The van der Waals surface area contributed by atoms with E-state index in [-0.39, 0.29) is 18.6 Å². The van der Waals surface area contributed by atoms with Crippen LogP contribution in [0.3, 0.4) is 0 Å². The minimum atomic E-state index is -3.40. The van der Waals surface area contributed by atoms with Crippen LogP contribution in [0.15, 0.2) is 91.0 Å². The number of carbonyl (C=O) groups is 1. The molecule has 4 N–H and O–H groups in total. The molecule has 6 nitrogen and oxygen atoms in total. The predicted molar refractivity (Wildman–Crippen MR) is 137 cm³/mol. The third kappa shape index (κ3) is 10.0. The fraction of sp³-hybridized carbons (Fsp3) is 0.296. The van der Waals surface area contributed by atoms with Crippen LogP contribution in [-0.2, 0) is 4.57 Å². The van der Waals surface area contributed by atoms with Crippen LogP contribution in [0.25, 0.3) is 0 Å². The zero-order valence-corrected chi connectivity index (χ0v) is 20.6. The molecule has 0 fully saturated rings. The first kappa shape index (κ1) is 29.3. The summed E-state index contributed by atoms with van der Waals surface area (Å²) in [6, 6.07) is 25.7. The van der Waals surface area contributed by atoms with Crippen LogP contribution in [0.4, 0.5) is 0 Å². The van der Waals surface area contributed by atoms with E-state index in [1.165, 1.54) is 0 Å². The summed E-state index contributed by atoms with van der Waals surface area (Å²) in [5.41, 5.74) is 0.331. The van der Waals surface area contributed by atoms with E-state index in [1.54, 1.807) is 78.9 Å². The van der Waals surface area contributed by atoms with E-state index < -0.39 is 13.3 Å². The number of aromatic carboxylic acids is 1. The maximum Gasteiger partial charge on any atom is 0.335 e. The maximum absolute atomic E-state index is 12.2. The van der Waals surface area contributed by atoms with E-state index in [9.17, 15) is 19.4 Å². The SMILES string of the molecule is CCCC(O)C(CC)CO.O=C(O)c1ccccc1.O=P(O)(c1ccccc1)c1ccccc1. The average molecular weight is 487 g/mol. The van der Waals surface area contributed by atoms with Gasteiger partial charge in [0.05, 0.1) is 11.7 Å². The summed E-state index contributed by atoms with van der Waals surface area (Å²) in [6.45, 7) is 4.13. The van der Waals surface area contributed by atoms with Gasteiger partial charge >= 0.3 is 5.97 Å². The number of carboxylic acid groups (broad SMARTS) is 1. The molecule has 184 valence electrons. The molecule has 3 rings (SSSR count). The monoisotopic (exact) mass is 486 g/mol. The number of hydrogen-bond acceptors (Lipinski definition) is 4. The van der Waals surface area contributed by atoms with Gasteiger partial charge in [-0.05, 0) is 49.2 Å². The summed E-state index contributed by atoms with van der Waals surface area (Å²) in [5.74, 6) is -0.796. The Morgan fingerprint density at radius 2 is 1.24 bits per heavy atom. The Morgan fingerprint density at radius 1 is 0.824 bits per heavy atom. The number of rotatable bonds is 8. The van der Waals surface area contributed by atoms with Gasteiger partial charge in [0.15, 0.2) is 0 Å². The van der Waals surface area contributed by atoms with Gasteiger partial charge in [0, 0.05) is 23.1 Å². The quantitative estimate of drug-likeness (QED) is 0.350. The second-order valence-corrected chi connectivity index (χ2v) is 9.81. The van der Waals surface area contributed by atoms with E-state index in [2.05, 4.69) is 0 Å². The fourth-order valence-corrected chi connectivity index (χ4v) is 4.49. The lowest BCUT2D eigenvalue weighted by Gasteiger charge is -2.17. The van der Waals surface area contributed by atoms with Gasteiger partial charge in [-0.2, -0.15) is 0 Å². The molecular formula is C27H35O6P. The van der Waals surface area contributed by atoms with Crippen LogP contribution in [0.1, 0.15) is 43.5 Å². The smallest absolute Gasteiger partial charge is 0.335 e. The van der Waals surface area contributed by atoms with Gasteiger partial charge in [0.1, 0.15) is 0 Å². The van der Waals surface area contributed by atoms with Crippen molar-refractivity contribution < 1.29 is 29.6 Å². The Kier molecular flexibility index (Phi) is 13.7. The second kappa shape index (κ2) is 16.0. The van der Waals surface area contributed by atoms with Gasteiger partial charge < -0.3 is 20.2 Å². The molecule has 3 aromatic carbocycles. The Balaban J connectivity index is 0.000000268. The normalized spacial score (nSPS) is 12.3. The lowest BCUT2D eigenvalue weighted by atomic mass is 9.97. The Bertz CT molecular complexity index is 932. The first-order valence-electron chi connectivity index (χ1n) is 11.3. The van der Waals surface area contributed by atoms with E-state index in [1.807, 2.05) is 26.0 Å². The highest BCUT2D eigenvalue weighted by Crippen LogP contribution is 2.37. The van der Waals surface area contributed by atoms with Gasteiger partial charge in [0.25, 0.3) is 7.37 Å². The van der Waals surface area contributed by atoms with Crippen LogP contribution >= 0.6 is 7.37 Å². The molecule has 0 aliphatic carbocycles. The summed E-state index contributed by atoms with van der Waals surface area (Å²) < 4.78 is 12.2. The summed E-state index contributed by atoms with van der Waals surface area (Å²) in [5, 5.41) is 27.4. The lowest BCUT2D eigenvalue weighted by Crippen LogP contribution is -2.22. The molecule has 0 spiro atoms. The second-order valence-electron chi connectivity index (χ2n) is 7.63. The first-order valence-corrected chi connectivity index (χ1v) is 12.9. The van der Waals surface area contributed by atoms with Crippen molar-refractivity contribution in [3.63, 3.8) is 0 Å².